The second-order valence-corrected chi connectivity index (χ2v) is 6.42. The van der Waals surface area contributed by atoms with Crippen molar-refractivity contribution in [1.82, 2.24) is 15.1 Å². The first-order valence-electron chi connectivity index (χ1n) is 8.47. The molecule has 1 aliphatic carbocycles. The van der Waals surface area contributed by atoms with E-state index in [4.69, 9.17) is 5.10 Å². The van der Waals surface area contributed by atoms with Crippen molar-refractivity contribution in [3.05, 3.63) is 18.0 Å². The van der Waals surface area contributed by atoms with Gasteiger partial charge >= 0.3 is 0 Å². The molecule has 0 unspecified atom stereocenters. The summed E-state index contributed by atoms with van der Waals surface area (Å²) in [6.45, 7) is 8.88. The quantitative estimate of drug-likeness (QED) is 0.767. The molecule has 0 aromatic carbocycles. The average Bonchev–Trinajstić information content (AvgIpc) is 3.11. The van der Waals surface area contributed by atoms with Crippen molar-refractivity contribution >= 4 is 0 Å². The third-order valence-electron chi connectivity index (χ3n) is 5.20. The Morgan fingerprint density at radius 2 is 1.95 bits per heavy atom. The molecule has 1 aliphatic rings. The SMILES string of the molecule is CCC(CC)n1ccc(CNCC2(CC)CCCC2)n1. The van der Waals surface area contributed by atoms with E-state index in [0.29, 0.717) is 11.5 Å². The van der Waals surface area contributed by atoms with Gasteiger partial charge in [-0.3, -0.25) is 4.68 Å². The molecule has 0 aliphatic heterocycles. The normalized spacial score (nSPS) is 18.0. The molecule has 20 heavy (non-hydrogen) atoms. The Morgan fingerprint density at radius 1 is 1.25 bits per heavy atom. The van der Waals surface area contributed by atoms with Crippen molar-refractivity contribution < 1.29 is 0 Å². The van der Waals surface area contributed by atoms with Gasteiger partial charge in [-0.1, -0.05) is 33.6 Å². The van der Waals surface area contributed by atoms with Crippen LogP contribution in [0.25, 0.3) is 0 Å². The Kier molecular flexibility index (Phi) is 5.64. The first kappa shape index (κ1) is 15.6. The van der Waals surface area contributed by atoms with Gasteiger partial charge in [-0.05, 0) is 43.6 Å². The smallest absolute Gasteiger partial charge is 0.0762 e. The maximum atomic E-state index is 4.72. The van der Waals surface area contributed by atoms with Crippen LogP contribution in [-0.4, -0.2) is 16.3 Å². The molecule has 0 bridgehead atoms. The van der Waals surface area contributed by atoms with Crippen LogP contribution >= 0.6 is 0 Å². The summed E-state index contributed by atoms with van der Waals surface area (Å²) in [5.41, 5.74) is 1.75. The molecule has 1 saturated carbocycles. The van der Waals surface area contributed by atoms with E-state index >= 15 is 0 Å². The highest BCUT2D eigenvalue weighted by molar-refractivity contribution is 5.00. The Morgan fingerprint density at radius 3 is 2.55 bits per heavy atom. The van der Waals surface area contributed by atoms with Crippen LogP contribution < -0.4 is 5.32 Å². The van der Waals surface area contributed by atoms with Gasteiger partial charge in [0.1, 0.15) is 0 Å². The zero-order chi connectivity index (χ0) is 14.4. The number of nitrogens with one attached hydrogen (secondary N) is 1. The van der Waals surface area contributed by atoms with Crippen molar-refractivity contribution in [2.45, 2.75) is 78.3 Å². The van der Waals surface area contributed by atoms with Crippen molar-refractivity contribution in [3.8, 4) is 0 Å². The number of rotatable bonds is 8. The highest BCUT2D eigenvalue weighted by Gasteiger charge is 2.31. The van der Waals surface area contributed by atoms with E-state index in [1.165, 1.54) is 37.8 Å². The minimum atomic E-state index is 0.556. The van der Waals surface area contributed by atoms with E-state index in [0.717, 1.165) is 25.9 Å². The zero-order valence-electron chi connectivity index (χ0n) is 13.5. The number of hydrogen-bond donors (Lipinski definition) is 1. The van der Waals surface area contributed by atoms with Crippen LogP contribution in [0.2, 0.25) is 0 Å². The fourth-order valence-electron chi connectivity index (χ4n) is 3.57. The minimum absolute atomic E-state index is 0.556. The van der Waals surface area contributed by atoms with E-state index in [2.05, 4.69) is 43.0 Å². The summed E-state index contributed by atoms with van der Waals surface area (Å²) in [7, 11) is 0. The standard InChI is InChI=1S/C17H31N3/c1-4-16(5-2)20-12-9-15(19-20)13-18-14-17(6-3)10-7-8-11-17/h9,12,16,18H,4-8,10-11,13-14H2,1-3H3. The average molecular weight is 277 g/mol. The molecule has 0 spiro atoms. The zero-order valence-corrected chi connectivity index (χ0v) is 13.5. The van der Waals surface area contributed by atoms with Crippen molar-refractivity contribution in [1.29, 1.82) is 0 Å². The summed E-state index contributed by atoms with van der Waals surface area (Å²) >= 11 is 0. The molecule has 0 atom stereocenters. The Bertz CT molecular complexity index is 387. The van der Waals surface area contributed by atoms with Crippen LogP contribution in [0.4, 0.5) is 0 Å². The lowest BCUT2D eigenvalue weighted by Gasteiger charge is -2.27. The minimum Gasteiger partial charge on any atom is -0.311 e. The first-order chi connectivity index (χ1) is 9.73. The summed E-state index contributed by atoms with van der Waals surface area (Å²) in [4.78, 5) is 0. The van der Waals surface area contributed by atoms with Crippen LogP contribution in [0.15, 0.2) is 12.3 Å². The summed E-state index contributed by atoms with van der Waals surface area (Å²) in [5.74, 6) is 0. The maximum absolute atomic E-state index is 4.72. The molecule has 114 valence electrons. The van der Waals surface area contributed by atoms with Gasteiger partial charge in [-0.2, -0.15) is 5.10 Å². The maximum Gasteiger partial charge on any atom is 0.0762 e. The largest absolute Gasteiger partial charge is 0.311 e. The molecular weight excluding hydrogens is 246 g/mol. The predicted octanol–water partition coefficient (Wildman–Crippen LogP) is 4.30. The molecule has 1 aromatic rings. The summed E-state index contributed by atoms with van der Waals surface area (Å²) in [5, 5.41) is 8.37. The number of aromatic nitrogens is 2. The Balaban J connectivity index is 1.82. The van der Waals surface area contributed by atoms with E-state index < -0.39 is 0 Å². The van der Waals surface area contributed by atoms with E-state index in [9.17, 15) is 0 Å². The molecule has 0 radical (unpaired) electrons. The number of hydrogen-bond acceptors (Lipinski definition) is 2. The second-order valence-electron chi connectivity index (χ2n) is 6.42. The summed E-state index contributed by atoms with van der Waals surface area (Å²) in [6.07, 6.45) is 11.4. The van der Waals surface area contributed by atoms with Crippen LogP contribution in [0, 0.1) is 5.41 Å². The molecule has 2 rings (SSSR count). The topological polar surface area (TPSA) is 29.9 Å². The van der Waals surface area contributed by atoms with Gasteiger partial charge in [0, 0.05) is 19.3 Å². The lowest BCUT2D eigenvalue weighted by molar-refractivity contribution is 0.267. The van der Waals surface area contributed by atoms with Gasteiger partial charge in [0.25, 0.3) is 0 Å². The van der Waals surface area contributed by atoms with Crippen molar-refractivity contribution in [3.63, 3.8) is 0 Å². The second kappa shape index (κ2) is 7.26. The van der Waals surface area contributed by atoms with Gasteiger partial charge in [0.15, 0.2) is 0 Å². The Labute approximate surface area is 124 Å². The molecule has 1 aromatic heterocycles. The van der Waals surface area contributed by atoms with Gasteiger partial charge < -0.3 is 5.32 Å². The highest BCUT2D eigenvalue weighted by Crippen LogP contribution is 2.40. The summed E-state index contributed by atoms with van der Waals surface area (Å²) < 4.78 is 2.14. The van der Waals surface area contributed by atoms with E-state index in [-0.39, 0.29) is 0 Å². The van der Waals surface area contributed by atoms with Gasteiger partial charge in [0.2, 0.25) is 0 Å². The molecule has 0 amide bonds. The highest BCUT2D eigenvalue weighted by atomic mass is 15.3. The fraction of sp³-hybridized carbons (Fsp3) is 0.824. The van der Waals surface area contributed by atoms with Gasteiger partial charge in [-0.25, -0.2) is 0 Å². The van der Waals surface area contributed by atoms with Gasteiger partial charge in [0.05, 0.1) is 11.7 Å². The lowest BCUT2D eigenvalue weighted by atomic mass is 9.83. The van der Waals surface area contributed by atoms with Gasteiger partial charge in [-0.15, -0.1) is 0 Å². The molecule has 1 heterocycles. The Hall–Kier alpha value is -0.830. The van der Waals surface area contributed by atoms with E-state index in [1.54, 1.807) is 0 Å². The van der Waals surface area contributed by atoms with Crippen LogP contribution in [-0.2, 0) is 6.54 Å². The van der Waals surface area contributed by atoms with Crippen LogP contribution in [0.5, 0.6) is 0 Å². The molecule has 0 saturated heterocycles. The van der Waals surface area contributed by atoms with Crippen LogP contribution in [0.3, 0.4) is 0 Å². The van der Waals surface area contributed by atoms with Crippen LogP contribution in [0.1, 0.15) is 77.5 Å². The first-order valence-corrected chi connectivity index (χ1v) is 8.47. The van der Waals surface area contributed by atoms with Crippen molar-refractivity contribution in [2.75, 3.05) is 6.54 Å². The fourth-order valence-corrected chi connectivity index (χ4v) is 3.57. The molecule has 1 fully saturated rings. The molecule has 3 nitrogen and oxygen atoms in total. The predicted molar refractivity (Wildman–Crippen MR) is 84.7 cm³/mol. The number of nitrogens with zero attached hydrogens (tertiary/aromatic N) is 2. The monoisotopic (exact) mass is 277 g/mol. The third-order valence-corrected chi connectivity index (χ3v) is 5.20. The molecular formula is C17H31N3. The van der Waals surface area contributed by atoms with E-state index in [1.807, 2.05) is 0 Å². The van der Waals surface area contributed by atoms with Crippen molar-refractivity contribution in [2.24, 2.45) is 5.41 Å². The third kappa shape index (κ3) is 3.63. The lowest BCUT2D eigenvalue weighted by Crippen LogP contribution is -2.31. The molecule has 3 heteroatoms. The summed E-state index contributed by atoms with van der Waals surface area (Å²) in [6, 6.07) is 2.72. The molecule has 1 N–H and O–H groups in total.